The first-order valence-electron chi connectivity index (χ1n) is 6.46. The van der Waals surface area contributed by atoms with Gasteiger partial charge < -0.3 is 4.57 Å². The van der Waals surface area contributed by atoms with Gasteiger partial charge in [-0.15, -0.1) is 0 Å². The van der Waals surface area contributed by atoms with E-state index in [0.29, 0.717) is 16.1 Å². The minimum atomic E-state index is -0.0551. The molecule has 0 aliphatic heterocycles. The van der Waals surface area contributed by atoms with Gasteiger partial charge in [-0.3, -0.25) is 4.79 Å². The molecule has 4 heteroatoms. The minimum Gasteiger partial charge on any atom is -0.340 e. The first-order valence-corrected chi connectivity index (χ1v) is 6.83. The van der Waals surface area contributed by atoms with E-state index < -0.39 is 0 Å². The van der Waals surface area contributed by atoms with Crippen LogP contribution in [-0.4, -0.2) is 10.4 Å². The van der Waals surface area contributed by atoms with Gasteiger partial charge in [-0.25, -0.2) is 0 Å². The number of fused-ring (bicyclic) bond motifs is 1. The van der Waals surface area contributed by atoms with Crippen LogP contribution in [0, 0.1) is 11.3 Å². The quantitative estimate of drug-likeness (QED) is 0.684. The molecule has 3 aromatic rings. The number of halogens is 1. The van der Waals surface area contributed by atoms with Crippen molar-refractivity contribution in [1.29, 1.82) is 5.26 Å². The van der Waals surface area contributed by atoms with Gasteiger partial charge in [-0.05, 0) is 35.7 Å². The molecule has 0 saturated heterocycles. The van der Waals surface area contributed by atoms with E-state index in [1.54, 1.807) is 36.4 Å². The Labute approximate surface area is 127 Å². The number of carbonyl (C=O) groups excluding carboxylic acids is 1. The van der Waals surface area contributed by atoms with Gasteiger partial charge in [0.1, 0.15) is 0 Å². The molecule has 1 heterocycles. The average molecular weight is 295 g/mol. The third kappa shape index (κ3) is 2.54. The molecule has 0 bridgehead atoms. The number of hydrogen-bond acceptors (Lipinski definition) is 2. The normalized spacial score (nSPS) is 10.5. The predicted molar refractivity (Wildman–Crippen MR) is 82.4 cm³/mol. The lowest BCUT2D eigenvalue weighted by Crippen LogP contribution is -2.10. The Morgan fingerprint density at radius 3 is 2.76 bits per heavy atom. The molecule has 0 N–H and O–H groups in total. The second-order valence-corrected chi connectivity index (χ2v) is 5.14. The molecule has 3 rings (SSSR count). The molecule has 0 atom stereocenters. The van der Waals surface area contributed by atoms with Gasteiger partial charge in [0.2, 0.25) is 0 Å². The molecule has 0 unspecified atom stereocenters. The fourth-order valence-electron chi connectivity index (χ4n) is 2.32. The summed E-state index contributed by atoms with van der Waals surface area (Å²) in [6.07, 6.45) is 1.85. The molecular formula is C17H11ClN2O. The number of Topliss-reactive ketones (excluding diaryl/α,β-unsaturated/α-hetero) is 1. The number of nitriles is 1. The second-order valence-electron chi connectivity index (χ2n) is 4.73. The van der Waals surface area contributed by atoms with E-state index >= 15 is 0 Å². The number of hydrogen-bond donors (Lipinski definition) is 0. The van der Waals surface area contributed by atoms with E-state index in [1.807, 2.05) is 22.9 Å². The molecule has 0 fully saturated rings. The molecule has 1 aromatic heterocycles. The van der Waals surface area contributed by atoms with E-state index in [2.05, 4.69) is 6.07 Å². The maximum absolute atomic E-state index is 12.4. The molecular weight excluding hydrogens is 284 g/mol. The minimum absolute atomic E-state index is 0.0551. The van der Waals surface area contributed by atoms with E-state index in [-0.39, 0.29) is 12.3 Å². The summed E-state index contributed by atoms with van der Waals surface area (Å²) in [4.78, 5) is 12.4. The monoisotopic (exact) mass is 294 g/mol. The first kappa shape index (κ1) is 13.4. The molecule has 3 nitrogen and oxygen atoms in total. The molecule has 0 aliphatic rings. The maximum Gasteiger partial charge on any atom is 0.183 e. The lowest BCUT2D eigenvalue weighted by Gasteiger charge is -2.06. The Morgan fingerprint density at radius 1 is 1.19 bits per heavy atom. The molecule has 21 heavy (non-hydrogen) atoms. The lowest BCUT2D eigenvalue weighted by molar-refractivity contribution is 0.0974. The van der Waals surface area contributed by atoms with Crippen molar-refractivity contribution in [3.8, 4) is 6.07 Å². The smallest absolute Gasteiger partial charge is 0.183 e. The largest absolute Gasteiger partial charge is 0.340 e. The molecule has 0 spiro atoms. The van der Waals surface area contributed by atoms with Crippen LogP contribution in [0.2, 0.25) is 5.02 Å². The standard InChI is InChI=1S/C17H11ClN2O/c18-15-4-2-1-3-14(15)17(21)11-20-8-7-13-6-5-12(10-19)9-16(13)20/h1-9H,11H2. The van der Waals surface area contributed by atoms with Gasteiger partial charge in [-0.1, -0.05) is 29.8 Å². The van der Waals surface area contributed by atoms with Crippen LogP contribution in [0.25, 0.3) is 10.9 Å². The summed E-state index contributed by atoms with van der Waals surface area (Å²) >= 11 is 6.05. The fraction of sp³-hybridized carbons (Fsp3) is 0.0588. The summed E-state index contributed by atoms with van der Waals surface area (Å²) in [7, 11) is 0. The molecule has 0 radical (unpaired) electrons. The van der Waals surface area contributed by atoms with Gasteiger partial charge in [0.25, 0.3) is 0 Å². The van der Waals surface area contributed by atoms with Crippen molar-refractivity contribution in [3.05, 3.63) is 70.9 Å². The van der Waals surface area contributed by atoms with E-state index in [4.69, 9.17) is 16.9 Å². The number of aromatic nitrogens is 1. The van der Waals surface area contributed by atoms with Gasteiger partial charge in [0.05, 0.1) is 23.2 Å². The van der Waals surface area contributed by atoms with Crippen molar-refractivity contribution in [2.75, 3.05) is 0 Å². The van der Waals surface area contributed by atoms with Crippen molar-refractivity contribution in [2.45, 2.75) is 6.54 Å². The van der Waals surface area contributed by atoms with Crippen molar-refractivity contribution >= 4 is 28.3 Å². The highest BCUT2D eigenvalue weighted by atomic mass is 35.5. The Balaban J connectivity index is 1.97. The summed E-state index contributed by atoms with van der Waals surface area (Å²) in [6, 6.07) is 16.5. The summed E-state index contributed by atoms with van der Waals surface area (Å²) in [5, 5.41) is 10.4. The fourth-order valence-corrected chi connectivity index (χ4v) is 2.56. The van der Waals surface area contributed by atoms with Crippen molar-refractivity contribution in [1.82, 2.24) is 4.57 Å². The van der Waals surface area contributed by atoms with Gasteiger partial charge in [-0.2, -0.15) is 5.26 Å². The van der Waals surface area contributed by atoms with Crippen LogP contribution in [-0.2, 0) is 6.54 Å². The second kappa shape index (κ2) is 5.43. The molecule has 0 amide bonds. The SMILES string of the molecule is N#Cc1ccc2ccn(CC(=O)c3ccccc3Cl)c2c1. The molecule has 0 aliphatic carbocycles. The summed E-state index contributed by atoms with van der Waals surface area (Å²) in [5.74, 6) is -0.0551. The van der Waals surface area contributed by atoms with Crippen LogP contribution in [0.4, 0.5) is 0 Å². The van der Waals surface area contributed by atoms with Crippen LogP contribution in [0.3, 0.4) is 0 Å². The van der Waals surface area contributed by atoms with Crippen LogP contribution >= 0.6 is 11.6 Å². The highest BCUT2D eigenvalue weighted by Gasteiger charge is 2.12. The van der Waals surface area contributed by atoms with Crippen LogP contribution < -0.4 is 0 Å². The van der Waals surface area contributed by atoms with Crippen LogP contribution in [0.1, 0.15) is 15.9 Å². The Morgan fingerprint density at radius 2 is 2.00 bits per heavy atom. The average Bonchev–Trinajstić information content (AvgIpc) is 2.90. The van der Waals surface area contributed by atoms with Crippen molar-refractivity contribution in [2.24, 2.45) is 0 Å². The summed E-state index contributed by atoms with van der Waals surface area (Å²) in [5.41, 5.74) is 1.96. The molecule has 0 saturated carbocycles. The van der Waals surface area contributed by atoms with Gasteiger partial charge in [0.15, 0.2) is 5.78 Å². The third-order valence-corrected chi connectivity index (χ3v) is 3.72. The van der Waals surface area contributed by atoms with Gasteiger partial charge >= 0.3 is 0 Å². The van der Waals surface area contributed by atoms with E-state index in [1.165, 1.54) is 0 Å². The van der Waals surface area contributed by atoms with Crippen molar-refractivity contribution < 1.29 is 4.79 Å². The number of benzene rings is 2. The van der Waals surface area contributed by atoms with Gasteiger partial charge in [0, 0.05) is 17.3 Å². The van der Waals surface area contributed by atoms with Crippen molar-refractivity contribution in [3.63, 3.8) is 0 Å². The molecule has 102 valence electrons. The Kier molecular flexibility index (Phi) is 3.47. The number of carbonyl (C=O) groups is 1. The highest BCUT2D eigenvalue weighted by Crippen LogP contribution is 2.20. The van der Waals surface area contributed by atoms with E-state index in [0.717, 1.165) is 10.9 Å². The first-order chi connectivity index (χ1) is 10.2. The molecule has 2 aromatic carbocycles. The summed E-state index contributed by atoms with van der Waals surface area (Å²) in [6.45, 7) is 0.197. The zero-order chi connectivity index (χ0) is 14.8. The zero-order valence-corrected chi connectivity index (χ0v) is 11.8. The third-order valence-electron chi connectivity index (χ3n) is 3.39. The number of nitrogens with zero attached hydrogens (tertiary/aromatic N) is 2. The topological polar surface area (TPSA) is 45.8 Å². The van der Waals surface area contributed by atoms with Crippen LogP contribution in [0.15, 0.2) is 54.7 Å². The predicted octanol–water partition coefficient (Wildman–Crippen LogP) is 4.05. The number of ketones is 1. The zero-order valence-electron chi connectivity index (χ0n) is 11.1. The highest BCUT2D eigenvalue weighted by molar-refractivity contribution is 6.33. The van der Waals surface area contributed by atoms with Crippen LogP contribution in [0.5, 0.6) is 0 Å². The van der Waals surface area contributed by atoms with E-state index in [9.17, 15) is 4.79 Å². The Hall–Kier alpha value is -2.57. The number of rotatable bonds is 3. The Bertz CT molecular complexity index is 874. The lowest BCUT2D eigenvalue weighted by atomic mass is 10.1. The summed E-state index contributed by atoms with van der Waals surface area (Å²) < 4.78 is 1.84. The maximum atomic E-state index is 12.4.